The molecule has 0 spiro atoms. The maximum Gasteiger partial charge on any atom is 0.157 e. The Bertz CT molecular complexity index is 727. The van der Waals surface area contributed by atoms with E-state index in [0.29, 0.717) is 5.69 Å². The highest BCUT2D eigenvalue weighted by Crippen LogP contribution is 2.36. The van der Waals surface area contributed by atoms with Gasteiger partial charge in [-0.15, -0.1) is 0 Å². The first-order chi connectivity index (χ1) is 10.6. The summed E-state index contributed by atoms with van der Waals surface area (Å²) in [5.41, 5.74) is 3.39. The van der Waals surface area contributed by atoms with Gasteiger partial charge in [-0.1, -0.05) is 54.6 Å². The molecule has 2 aromatic carbocycles. The fraction of sp³-hybridized carbons (Fsp3) is 0.150. The fourth-order valence-electron chi connectivity index (χ4n) is 2.69. The quantitative estimate of drug-likeness (QED) is 0.791. The van der Waals surface area contributed by atoms with Crippen molar-refractivity contribution in [1.29, 1.82) is 0 Å². The van der Waals surface area contributed by atoms with Crippen LogP contribution in [-0.2, 0) is 5.60 Å². The Morgan fingerprint density at radius 2 is 1.50 bits per heavy atom. The number of aliphatic hydroxyl groups is 1. The lowest BCUT2D eigenvalue weighted by Crippen LogP contribution is -2.30. The Morgan fingerprint density at radius 1 is 0.773 bits per heavy atom. The second kappa shape index (κ2) is 5.74. The van der Waals surface area contributed by atoms with Crippen LogP contribution >= 0.6 is 0 Å². The highest BCUT2D eigenvalue weighted by molar-refractivity contribution is 5.46. The molecule has 3 rings (SSSR count). The molecule has 0 fully saturated rings. The second-order valence-corrected chi connectivity index (χ2v) is 5.59. The van der Waals surface area contributed by atoms with Gasteiger partial charge in [-0.2, -0.15) is 0 Å². The van der Waals surface area contributed by atoms with Crippen LogP contribution in [0.3, 0.4) is 0 Å². The molecule has 0 saturated heterocycles. The smallest absolute Gasteiger partial charge is 0.157 e. The molecule has 0 radical (unpaired) electrons. The third-order valence-corrected chi connectivity index (χ3v) is 4.15. The van der Waals surface area contributed by atoms with E-state index in [1.165, 1.54) is 5.56 Å². The van der Waals surface area contributed by atoms with E-state index in [4.69, 9.17) is 0 Å². The Hall–Kier alpha value is -2.45. The van der Waals surface area contributed by atoms with E-state index < -0.39 is 5.60 Å². The van der Waals surface area contributed by atoms with Crippen molar-refractivity contribution in [2.45, 2.75) is 19.4 Å². The summed E-state index contributed by atoms with van der Waals surface area (Å²) in [4.78, 5) is 4.41. The number of hydrogen-bond acceptors (Lipinski definition) is 2. The van der Waals surface area contributed by atoms with Crippen LogP contribution < -0.4 is 0 Å². The number of aromatic nitrogens is 1. The van der Waals surface area contributed by atoms with E-state index in [9.17, 15) is 5.11 Å². The van der Waals surface area contributed by atoms with Gasteiger partial charge in [0.25, 0.3) is 0 Å². The van der Waals surface area contributed by atoms with Crippen molar-refractivity contribution in [3.05, 3.63) is 101 Å². The van der Waals surface area contributed by atoms with Crippen LogP contribution in [-0.4, -0.2) is 10.1 Å². The molecule has 1 aromatic heterocycles. The molecule has 0 amide bonds. The van der Waals surface area contributed by atoms with Gasteiger partial charge in [0.15, 0.2) is 5.60 Å². The summed E-state index contributed by atoms with van der Waals surface area (Å²) in [5.74, 6) is 0. The Morgan fingerprint density at radius 3 is 2.14 bits per heavy atom. The van der Waals surface area contributed by atoms with Crippen LogP contribution in [0.15, 0.2) is 72.9 Å². The molecule has 2 heteroatoms. The minimum atomic E-state index is -1.25. The molecular formula is C20H19NO. The maximum absolute atomic E-state index is 11.6. The van der Waals surface area contributed by atoms with Gasteiger partial charge in [-0.05, 0) is 48.2 Å². The third-order valence-electron chi connectivity index (χ3n) is 4.15. The van der Waals surface area contributed by atoms with Crippen molar-refractivity contribution in [1.82, 2.24) is 4.98 Å². The van der Waals surface area contributed by atoms with Crippen molar-refractivity contribution >= 4 is 0 Å². The highest BCUT2D eigenvalue weighted by atomic mass is 16.3. The molecule has 1 heterocycles. The van der Waals surface area contributed by atoms with Crippen molar-refractivity contribution in [3.63, 3.8) is 0 Å². The minimum absolute atomic E-state index is 0.629. The lowest BCUT2D eigenvalue weighted by atomic mass is 9.82. The van der Waals surface area contributed by atoms with E-state index in [2.05, 4.69) is 18.8 Å². The van der Waals surface area contributed by atoms with E-state index >= 15 is 0 Å². The van der Waals surface area contributed by atoms with Crippen LogP contribution in [0.2, 0.25) is 0 Å². The molecule has 1 atom stereocenters. The monoisotopic (exact) mass is 289 g/mol. The summed E-state index contributed by atoms with van der Waals surface area (Å²) in [6.45, 7) is 4.13. The fourth-order valence-corrected chi connectivity index (χ4v) is 2.69. The van der Waals surface area contributed by atoms with Crippen molar-refractivity contribution in [2.24, 2.45) is 0 Å². The molecule has 1 unspecified atom stereocenters. The molecule has 0 aliphatic carbocycles. The zero-order valence-electron chi connectivity index (χ0n) is 12.8. The molecule has 1 N–H and O–H groups in total. The topological polar surface area (TPSA) is 33.1 Å². The second-order valence-electron chi connectivity index (χ2n) is 5.59. The van der Waals surface area contributed by atoms with Crippen LogP contribution in [0.25, 0.3) is 0 Å². The molecule has 3 aromatic rings. The van der Waals surface area contributed by atoms with Crippen molar-refractivity contribution < 1.29 is 5.11 Å². The molecule has 0 aliphatic heterocycles. The van der Waals surface area contributed by atoms with E-state index in [0.717, 1.165) is 16.7 Å². The summed E-state index contributed by atoms with van der Waals surface area (Å²) >= 11 is 0. The number of benzene rings is 2. The van der Waals surface area contributed by atoms with Crippen LogP contribution in [0.1, 0.15) is 27.9 Å². The summed E-state index contributed by atoms with van der Waals surface area (Å²) < 4.78 is 0. The first kappa shape index (κ1) is 14.5. The standard InChI is InChI=1S/C20H19NO/c1-15-11-12-18(14-16(15)2)20(22,17-8-4-3-5-9-17)19-10-6-7-13-21-19/h3-14,22H,1-2H3. The molecule has 2 nitrogen and oxygen atoms in total. The lowest BCUT2D eigenvalue weighted by Gasteiger charge is -2.29. The Labute approximate surface area is 131 Å². The number of rotatable bonds is 3. The van der Waals surface area contributed by atoms with Gasteiger partial charge in [0.05, 0.1) is 5.69 Å². The van der Waals surface area contributed by atoms with Crippen LogP contribution in [0, 0.1) is 13.8 Å². The Balaban J connectivity index is 2.26. The average molecular weight is 289 g/mol. The zero-order valence-corrected chi connectivity index (χ0v) is 12.8. The van der Waals surface area contributed by atoms with E-state index in [1.54, 1.807) is 6.20 Å². The SMILES string of the molecule is Cc1ccc(C(O)(c2ccccc2)c2ccccn2)cc1C. The molecule has 0 saturated carbocycles. The summed E-state index contributed by atoms with van der Waals surface area (Å²) in [5, 5.41) is 11.6. The first-order valence-electron chi connectivity index (χ1n) is 7.39. The summed E-state index contributed by atoms with van der Waals surface area (Å²) in [6.07, 6.45) is 1.71. The number of pyridine rings is 1. The number of aryl methyl sites for hydroxylation is 2. The molecule has 110 valence electrons. The normalized spacial score (nSPS) is 13.6. The number of hydrogen-bond donors (Lipinski definition) is 1. The van der Waals surface area contributed by atoms with Crippen LogP contribution in [0.5, 0.6) is 0 Å². The first-order valence-corrected chi connectivity index (χ1v) is 7.39. The molecule has 0 aliphatic rings. The van der Waals surface area contributed by atoms with E-state index in [1.807, 2.05) is 66.7 Å². The summed E-state index contributed by atoms with van der Waals surface area (Å²) in [7, 11) is 0. The number of nitrogens with zero attached hydrogens (tertiary/aromatic N) is 1. The van der Waals surface area contributed by atoms with Crippen molar-refractivity contribution in [3.8, 4) is 0 Å². The molecule has 0 bridgehead atoms. The lowest BCUT2D eigenvalue weighted by molar-refractivity contribution is 0.121. The van der Waals surface area contributed by atoms with Crippen LogP contribution in [0.4, 0.5) is 0 Å². The van der Waals surface area contributed by atoms with Gasteiger partial charge < -0.3 is 5.11 Å². The van der Waals surface area contributed by atoms with Crippen molar-refractivity contribution in [2.75, 3.05) is 0 Å². The van der Waals surface area contributed by atoms with Gasteiger partial charge in [0.1, 0.15) is 0 Å². The van der Waals surface area contributed by atoms with Gasteiger partial charge >= 0.3 is 0 Å². The van der Waals surface area contributed by atoms with Gasteiger partial charge in [0, 0.05) is 6.20 Å². The Kier molecular flexibility index (Phi) is 3.78. The minimum Gasteiger partial charge on any atom is -0.374 e. The zero-order chi connectivity index (χ0) is 15.6. The highest BCUT2D eigenvalue weighted by Gasteiger charge is 2.35. The molecule has 22 heavy (non-hydrogen) atoms. The largest absolute Gasteiger partial charge is 0.374 e. The third kappa shape index (κ3) is 2.42. The van der Waals surface area contributed by atoms with E-state index in [-0.39, 0.29) is 0 Å². The van der Waals surface area contributed by atoms with Gasteiger partial charge in [0.2, 0.25) is 0 Å². The maximum atomic E-state index is 11.6. The molecular weight excluding hydrogens is 270 g/mol. The average Bonchev–Trinajstić information content (AvgIpc) is 2.58. The summed E-state index contributed by atoms with van der Waals surface area (Å²) in [6, 6.07) is 21.4. The van der Waals surface area contributed by atoms with Gasteiger partial charge in [-0.25, -0.2) is 0 Å². The predicted octanol–water partition coefficient (Wildman–Crippen LogP) is 3.98. The van der Waals surface area contributed by atoms with Gasteiger partial charge in [-0.3, -0.25) is 4.98 Å². The predicted molar refractivity (Wildman–Crippen MR) is 88.7 cm³/mol.